The predicted molar refractivity (Wildman–Crippen MR) is 85.2 cm³/mol. The number of fused-ring (bicyclic) bond motifs is 3. The summed E-state index contributed by atoms with van der Waals surface area (Å²) in [6.45, 7) is 2.20. The minimum atomic E-state index is 0.548. The fraction of sp³-hybridized carbons (Fsp3) is 0.412. The van der Waals surface area contributed by atoms with Crippen molar-refractivity contribution >= 4 is 27.3 Å². The molecule has 0 N–H and O–H groups in total. The van der Waals surface area contributed by atoms with Crippen LogP contribution >= 0.6 is 27.3 Å². The maximum atomic E-state index is 3.98. The quantitative estimate of drug-likeness (QED) is 0.640. The van der Waals surface area contributed by atoms with Crippen LogP contribution in [0.2, 0.25) is 0 Å². The lowest BCUT2D eigenvalue weighted by atomic mass is 9.92. The zero-order valence-electron chi connectivity index (χ0n) is 11.0. The number of hydrogen-bond donors (Lipinski definition) is 0. The van der Waals surface area contributed by atoms with Crippen LogP contribution in [0.5, 0.6) is 0 Å². The molecule has 19 heavy (non-hydrogen) atoms. The molecule has 1 fully saturated rings. The second-order valence-electron chi connectivity index (χ2n) is 5.85. The fourth-order valence-electron chi connectivity index (χ4n) is 3.81. The zero-order valence-corrected chi connectivity index (χ0v) is 13.4. The van der Waals surface area contributed by atoms with Crippen molar-refractivity contribution in [3.63, 3.8) is 0 Å². The highest BCUT2D eigenvalue weighted by Crippen LogP contribution is 2.66. The van der Waals surface area contributed by atoms with E-state index in [0.29, 0.717) is 4.83 Å². The monoisotopic (exact) mass is 332 g/mol. The van der Waals surface area contributed by atoms with Crippen LogP contribution in [0.15, 0.2) is 36.4 Å². The van der Waals surface area contributed by atoms with E-state index in [-0.39, 0.29) is 0 Å². The standard InChI is InChI=1S/C17H17BrS/c1-10-6-9-14(19-10)17(18)16-13-8-7-11-4-2-3-5-12(11)15(13)16/h2-6,9,13,15-17H,7-8H2,1H3. The zero-order chi connectivity index (χ0) is 13.0. The SMILES string of the molecule is Cc1ccc(C(Br)C2C3CCc4ccccc4C32)s1. The van der Waals surface area contributed by atoms with Gasteiger partial charge in [0.2, 0.25) is 0 Å². The summed E-state index contributed by atoms with van der Waals surface area (Å²) < 4.78 is 0. The molecule has 4 rings (SSSR count). The summed E-state index contributed by atoms with van der Waals surface area (Å²) in [5.74, 6) is 2.51. The van der Waals surface area contributed by atoms with E-state index in [1.807, 2.05) is 11.3 Å². The average Bonchev–Trinajstić information content (AvgIpc) is 3.03. The first-order valence-corrected chi connectivity index (χ1v) is 8.77. The molecule has 0 spiro atoms. The molecule has 98 valence electrons. The minimum Gasteiger partial charge on any atom is -0.145 e. The molecule has 4 unspecified atom stereocenters. The maximum Gasteiger partial charge on any atom is 0.0526 e. The van der Waals surface area contributed by atoms with Crippen LogP contribution < -0.4 is 0 Å². The molecule has 0 bridgehead atoms. The maximum absolute atomic E-state index is 3.98. The van der Waals surface area contributed by atoms with E-state index >= 15 is 0 Å². The van der Waals surface area contributed by atoms with Gasteiger partial charge in [-0.2, -0.15) is 0 Å². The van der Waals surface area contributed by atoms with Gasteiger partial charge in [-0.25, -0.2) is 0 Å². The third-order valence-electron chi connectivity index (χ3n) is 4.76. The van der Waals surface area contributed by atoms with Gasteiger partial charge in [0, 0.05) is 9.75 Å². The number of halogens is 1. The Morgan fingerprint density at radius 2 is 2.05 bits per heavy atom. The van der Waals surface area contributed by atoms with Crippen LogP contribution in [0.4, 0.5) is 0 Å². The molecule has 1 saturated carbocycles. The summed E-state index contributed by atoms with van der Waals surface area (Å²) in [5, 5.41) is 0. The van der Waals surface area contributed by atoms with E-state index in [0.717, 1.165) is 17.8 Å². The summed E-state index contributed by atoms with van der Waals surface area (Å²) in [6, 6.07) is 13.6. The molecule has 0 amide bonds. The molecule has 1 heterocycles. The molecule has 0 radical (unpaired) electrons. The predicted octanol–water partition coefficient (Wildman–Crippen LogP) is 5.47. The molecule has 1 aromatic heterocycles. The Morgan fingerprint density at radius 1 is 1.21 bits per heavy atom. The molecule has 1 aromatic carbocycles. The average molecular weight is 333 g/mol. The number of rotatable bonds is 2. The number of aryl methyl sites for hydroxylation is 2. The fourth-order valence-corrected chi connectivity index (χ4v) is 5.88. The first-order chi connectivity index (χ1) is 9.25. The van der Waals surface area contributed by atoms with Crippen molar-refractivity contribution in [2.75, 3.05) is 0 Å². The third kappa shape index (κ3) is 1.92. The van der Waals surface area contributed by atoms with Crippen LogP contribution in [0.3, 0.4) is 0 Å². The van der Waals surface area contributed by atoms with Gasteiger partial charge in [-0.05, 0) is 60.8 Å². The lowest BCUT2D eigenvalue weighted by Gasteiger charge is -2.13. The highest BCUT2D eigenvalue weighted by molar-refractivity contribution is 9.09. The van der Waals surface area contributed by atoms with Crippen molar-refractivity contribution in [1.82, 2.24) is 0 Å². The van der Waals surface area contributed by atoms with Gasteiger partial charge >= 0.3 is 0 Å². The topological polar surface area (TPSA) is 0 Å². The van der Waals surface area contributed by atoms with Gasteiger partial charge in [-0.15, -0.1) is 11.3 Å². The number of alkyl halides is 1. The molecule has 2 aromatic rings. The van der Waals surface area contributed by atoms with Crippen LogP contribution in [-0.4, -0.2) is 0 Å². The molecule has 2 heteroatoms. The van der Waals surface area contributed by atoms with E-state index in [1.54, 1.807) is 11.1 Å². The Kier molecular flexibility index (Phi) is 2.85. The second kappa shape index (κ2) is 4.46. The van der Waals surface area contributed by atoms with Crippen molar-refractivity contribution < 1.29 is 0 Å². The first-order valence-electron chi connectivity index (χ1n) is 7.04. The lowest BCUT2D eigenvalue weighted by Crippen LogP contribution is -2.00. The molecule has 0 saturated heterocycles. The van der Waals surface area contributed by atoms with Gasteiger partial charge in [-0.3, -0.25) is 0 Å². The van der Waals surface area contributed by atoms with Gasteiger partial charge in [0.05, 0.1) is 4.83 Å². The Morgan fingerprint density at radius 3 is 2.84 bits per heavy atom. The van der Waals surface area contributed by atoms with E-state index in [9.17, 15) is 0 Å². The summed E-state index contributed by atoms with van der Waals surface area (Å²) in [4.78, 5) is 3.48. The summed E-state index contributed by atoms with van der Waals surface area (Å²) in [7, 11) is 0. The molecule has 0 aliphatic heterocycles. The van der Waals surface area contributed by atoms with Gasteiger partial charge in [0.25, 0.3) is 0 Å². The van der Waals surface area contributed by atoms with Crippen LogP contribution in [0, 0.1) is 18.8 Å². The number of benzene rings is 1. The minimum absolute atomic E-state index is 0.548. The molecule has 2 aliphatic carbocycles. The smallest absolute Gasteiger partial charge is 0.0526 e. The third-order valence-corrected chi connectivity index (χ3v) is 7.25. The van der Waals surface area contributed by atoms with E-state index in [1.165, 1.54) is 22.6 Å². The molecular weight excluding hydrogens is 316 g/mol. The lowest BCUT2D eigenvalue weighted by molar-refractivity contribution is 0.629. The van der Waals surface area contributed by atoms with Crippen molar-refractivity contribution in [1.29, 1.82) is 0 Å². The summed E-state index contributed by atoms with van der Waals surface area (Å²) in [5.41, 5.74) is 3.22. The Balaban J connectivity index is 1.63. The highest BCUT2D eigenvalue weighted by atomic mass is 79.9. The second-order valence-corrected chi connectivity index (χ2v) is 8.16. The van der Waals surface area contributed by atoms with Crippen LogP contribution in [-0.2, 0) is 6.42 Å². The van der Waals surface area contributed by atoms with Gasteiger partial charge < -0.3 is 0 Å². The van der Waals surface area contributed by atoms with E-state index in [2.05, 4.69) is 59.3 Å². The molecule has 4 atom stereocenters. The van der Waals surface area contributed by atoms with Crippen molar-refractivity contribution in [3.05, 3.63) is 57.3 Å². The van der Waals surface area contributed by atoms with Gasteiger partial charge in [-0.1, -0.05) is 40.2 Å². The highest BCUT2D eigenvalue weighted by Gasteiger charge is 2.56. The van der Waals surface area contributed by atoms with E-state index < -0.39 is 0 Å². The summed E-state index contributed by atoms with van der Waals surface area (Å²) >= 11 is 5.92. The number of thiophene rings is 1. The summed E-state index contributed by atoms with van der Waals surface area (Å²) in [6.07, 6.45) is 2.65. The molecular formula is C17H17BrS. The molecule has 0 nitrogen and oxygen atoms in total. The van der Waals surface area contributed by atoms with Crippen molar-refractivity contribution in [2.24, 2.45) is 11.8 Å². The van der Waals surface area contributed by atoms with Crippen LogP contribution in [0.1, 0.15) is 38.0 Å². The van der Waals surface area contributed by atoms with Crippen molar-refractivity contribution in [2.45, 2.75) is 30.5 Å². The van der Waals surface area contributed by atoms with E-state index in [4.69, 9.17) is 0 Å². The van der Waals surface area contributed by atoms with Gasteiger partial charge in [0.1, 0.15) is 0 Å². The molecule has 2 aliphatic rings. The largest absolute Gasteiger partial charge is 0.145 e. The van der Waals surface area contributed by atoms with Crippen molar-refractivity contribution in [3.8, 4) is 0 Å². The Hall–Kier alpha value is -0.600. The first kappa shape index (κ1) is 12.2. The normalized spacial score (nSPS) is 29.5. The number of hydrogen-bond acceptors (Lipinski definition) is 1. The Labute approximate surface area is 127 Å². The van der Waals surface area contributed by atoms with Gasteiger partial charge in [0.15, 0.2) is 0 Å². The Bertz CT molecular complexity index is 615. The van der Waals surface area contributed by atoms with Crippen LogP contribution in [0.25, 0.3) is 0 Å².